The molecule has 2 heterocycles. The lowest BCUT2D eigenvalue weighted by molar-refractivity contribution is -0.130. The Kier molecular flexibility index (Phi) is 6.46. The fourth-order valence-corrected chi connectivity index (χ4v) is 3.54. The van der Waals surface area contributed by atoms with Crippen molar-refractivity contribution in [2.75, 3.05) is 31.9 Å². The monoisotopic (exact) mass is 418 g/mol. The number of ether oxygens (including phenoxy) is 1. The van der Waals surface area contributed by atoms with Crippen molar-refractivity contribution >= 4 is 23.8 Å². The number of hydrogen-bond acceptors (Lipinski definition) is 7. The summed E-state index contributed by atoms with van der Waals surface area (Å²) in [5, 5.41) is 8.47. The molecule has 0 unspecified atom stereocenters. The molecule has 0 N–H and O–H groups in total. The predicted molar refractivity (Wildman–Crippen MR) is 110 cm³/mol. The third-order valence-electron chi connectivity index (χ3n) is 4.39. The van der Waals surface area contributed by atoms with Crippen LogP contribution in [-0.4, -0.2) is 69.5 Å². The zero-order chi connectivity index (χ0) is 21.0. The van der Waals surface area contributed by atoms with Crippen molar-refractivity contribution in [3.05, 3.63) is 29.8 Å². The first kappa shape index (κ1) is 21.2. The molecule has 1 aliphatic heterocycles. The van der Waals surface area contributed by atoms with Gasteiger partial charge in [0.15, 0.2) is 0 Å². The first-order valence-electron chi connectivity index (χ1n) is 9.51. The van der Waals surface area contributed by atoms with Crippen LogP contribution in [0.1, 0.15) is 26.3 Å². The zero-order valence-corrected chi connectivity index (χ0v) is 18.0. The van der Waals surface area contributed by atoms with Gasteiger partial charge in [-0.2, -0.15) is 0 Å². The maximum absolute atomic E-state index is 12.5. The Balaban J connectivity index is 1.48. The van der Waals surface area contributed by atoms with E-state index in [-0.39, 0.29) is 17.8 Å². The van der Waals surface area contributed by atoms with Crippen LogP contribution in [0, 0.1) is 6.92 Å². The molecule has 2 aromatic rings. The predicted octanol–water partition coefficient (Wildman–Crippen LogP) is 3.22. The lowest BCUT2D eigenvalue weighted by Gasteiger charge is -2.35. The SMILES string of the molecule is Cc1ccccc1-c1nnc(SCC(=O)N2CCN(C(=O)OC(C)(C)C)CC2)o1. The Hall–Kier alpha value is -2.55. The number of benzene rings is 1. The number of aromatic nitrogens is 2. The van der Waals surface area contributed by atoms with Crippen molar-refractivity contribution in [1.29, 1.82) is 0 Å². The van der Waals surface area contributed by atoms with Crippen LogP contribution in [0.5, 0.6) is 0 Å². The number of carbonyl (C=O) groups is 2. The summed E-state index contributed by atoms with van der Waals surface area (Å²) in [5.41, 5.74) is 1.41. The number of thioether (sulfide) groups is 1. The van der Waals surface area contributed by atoms with Crippen LogP contribution in [-0.2, 0) is 9.53 Å². The van der Waals surface area contributed by atoms with Crippen LogP contribution in [0.25, 0.3) is 11.5 Å². The summed E-state index contributed by atoms with van der Waals surface area (Å²) >= 11 is 1.22. The molecule has 1 saturated heterocycles. The number of piperazine rings is 1. The molecule has 2 amide bonds. The second kappa shape index (κ2) is 8.86. The van der Waals surface area contributed by atoms with E-state index in [1.807, 2.05) is 52.0 Å². The Morgan fingerprint density at radius 3 is 2.41 bits per heavy atom. The lowest BCUT2D eigenvalue weighted by Crippen LogP contribution is -2.52. The first-order chi connectivity index (χ1) is 13.7. The maximum atomic E-state index is 12.5. The van der Waals surface area contributed by atoms with E-state index in [1.165, 1.54) is 11.8 Å². The van der Waals surface area contributed by atoms with Crippen molar-refractivity contribution in [3.8, 4) is 11.5 Å². The number of carbonyl (C=O) groups excluding carboxylic acids is 2. The van der Waals surface area contributed by atoms with Gasteiger partial charge >= 0.3 is 6.09 Å². The summed E-state index contributed by atoms with van der Waals surface area (Å²) < 4.78 is 11.1. The molecule has 1 aromatic carbocycles. The van der Waals surface area contributed by atoms with Crippen molar-refractivity contribution in [2.24, 2.45) is 0 Å². The molecular weight excluding hydrogens is 392 g/mol. The second-order valence-corrected chi connectivity index (χ2v) is 8.75. The summed E-state index contributed by atoms with van der Waals surface area (Å²) in [6.07, 6.45) is -0.339. The molecule has 3 rings (SSSR count). The van der Waals surface area contributed by atoms with Crippen LogP contribution in [0.15, 0.2) is 33.9 Å². The van der Waals surface area contributed by atoms with Gasteiger partial charge < -0.3 is 19.0 Å². The van der Waals surface area contributed by atoms with Gasteiger partial charge in [-0.3, -0.25) is 4.79 Å². The van der Waals surface area contributed by atoms with Crippen molar-refractivity contribution in [2.45, 2.75) is 38.5 Å². The molecule has 0 saturated carbocycles. The minimum absolute atomic E-state index is 0.0190. The molecule has 1 aromatic heterocycles. The maximum Gasteiger partial charge on any atom is 0.410 e. The molecule has 8 nitrogen and oxygen atoms in total. The number of amides is 2. The van der Waals surface area contributed by atoms with Gasteiger partial charge in [0.25, 0.3) is 5.22 Å². The van der Waals surface area contributed by atoms with E-state index in [4.69, 9.17) is 9.15 Å². The lowest BCUT2D eigenvalue weighted by atomic mass is 10.1. The van der Waals surface area contributed by atoms with Crippen molar-refractivity contribution < 1.29 is 18.7 Å². The van der Waals surface area contributed by atoms with Gasteiger partial charge in [-0.25, -0.2) is 4.79 Å². The van der Waals surface area contributed by atoms with Gasteiger partial charge in [-0.1, -0.05) is 30.0 Å². The van der Waals surface area contributed by atoms with Crippen LogP contribution in [0.4, 0.5) is 4.79 Å². The summed E-state index contributed by atoms with van der Waals surface area (Å²) in [6, 6.07) is 7.77. The summed E-state index contributed by atoms with van der Waals surface area (Å²) in [4.78, 5) is 28.0. The van der Waals surface area contributed by atoms with E-state index in [0.29, 0.717) is 37.3 Å². The molecule has 29 heavy (non-hydrogen) atoms. The topological polar surface area (TPSA) is 88.8 Å². The van der Waals surface area contributed by atoms with Crippen LogP contribution < -0.4 is 0 Å². The number of aryl methyl sites for hydroxylation is 1. The first-order valence-corrected chi connectivity index (χ1v) is 10.5. The third kappa shape index (κ3) is 5.72. The molecule has 0 spiro atoms. The number of nitrogens with zero attached hydrogens (tertiary/aromatic N) is 4. The Labute approximate surface area is 174 Å². The minimum Gasteiger partial charge on any atom is -0.444 e. The fraction of sp³-hybridized carbons (Fsp3) is 0.500. The summed E-state index contributed by atoms with van der Waals surface area (Å²) in [6.45, 7) is 9.38. The fourth-order valence-electron chi connectivity index (χ4n) is 2.87. The van der Waals surface area contributed by atoms with E-state index in [1.54, 1.807) is 9.80 Å². The number of rotatable bonds is 4. The highest BCUT2D eigenvalue weighted by Gasteiger charge is 2.27. The van der Waals surface area contributed by atoms with Gasteiger partial charge in [-0.05, 0) is 39.3 Å². The summed E-state index contributed by atoms with van der Waals surface area (Å²) in [7, 11) is 0. The molecule has 0 atom stereocenters. The highest BCUT2D eigenvalue weighted by Crippen LogP contribution is 2.25. The van der Waals surface area contributed by atoms with Gasteiger partial charge in [0.2, 0.25) is 11.8 Å². The normalized spacial score (nSPS) is 14.8. The van der Waals surface area contributed by atoms with E-state index < -0.39 is 5.60 Å². The molecule has 0 radical (unpaired) electrons. The van der Waals surface area contributed by atoms with Crippen molar-refractivity contribution in [3.63, 3.8) is 0 Å². The van der Waals surface area contributed by atoms with Gasteiger partial charge in [0.1, 0.15) is 5.60 Å². The van der Waals surface area contributed by atoms with Gasteiger partial charge in [0.05, 0.1) is 5.75 Å². The molecule has 1 aliphatic rings. The highest BCUT2D eigenvalue weighted by molar-refractivity contribution is 7.99. The average Bonchev–Trinajstić information content (AvgIpc) is 3.14. The largest absolute Gasteiger partial charge is 0.444 e. The molecule has 1 fully saturated rings. The average molecular weight is 419 g/mol. The quantitative estimate of drug-likeness (QED) is 0.704. The van der Waals surface area contributed by atoms with E-state index in [9.17, 15) is 9.59 Å². The molecule has 0 bridgehead atoms. The van der Waals surface area contributed by atoms with E-state index in [0.717, 1.165) is 11.1 Å². The Morgan fingerprint density at radius 2 is 1.76 bits per heavy atom. The Bertz CT molecular complexity index is 869. The van der Waals surface area contributed by atoms with E-state index in [2.05, 4.69) is 10.2 Å². The number of hydrogen-bond donors (Lipinski definition) is 0. The second-order valence-electron chi connectivity index (χ2n) is 7.82. The van der Waals surface area contributed by atoms with Gasteiger partial charge in [0, 0.05) is 31.7 Å². The molecule has 9 heteroatoms. The molecule has 0 aliphatic carbocycles. The smallest absolute Gasteiger partial charge is 0.410 e. The zero-order valence-electron chi connectivity index (χ0n) is 17.2. The molecular formula is C20H26N4O4S. The van der Waals surface area contributed by atoms with Crippen molar-refractivity contribution in [1.82, 2.24) is 20.0 Å². The molecule has 156 valence electrons. The Morgan fingerprint density at radius 1 is 1.10 bits per heavy atom. The van der Waals surface area contributed by atoms with E-state index >= 15 is 0 Å². The van der Waals surface area contributed by atoms with Crippen LogP contribution >= 0.6 is 11.8 Å². The summed E-state index contributed by atoms with van der Waals surface area (Å²) in [5.74, 6) is 0.639. The van der Waals surface area contributed by atoms with Gasteiger partial charge in [-0.15, -0.1) is 10.2 Å². The van der Waals surface area contributed by atoms with Crippen LogP contribution in [0.2, 0.25) is 0 Å². The third-order valence-corrected chi connectivity index (χ3v) is 5.19. The highest BCUT2D eigenvalue weighted by atomic mass is 32.2. The standard InChI is InChI=1S/C20H26N4O4S/c1-14-7-5-6-8-15(14)17-21-22-18(27-17)29-13-16(25)23-9-11-24(12-10-23)19(26)28-20(2,3)4/h5-8H,9-13H2,1-4H3. The van der Waals surface area contributed by atoms with Crippen LogP contribution in [0.3, 0.4) is 0 Å². The minimum atomic E-state index is -0.526.